The van der Waals surface area contributed by atoms with Crippen molar-refractivity contribution in [2.45, 2.75) is 20.8 Å². The van der Waals surface area contributed by atoms with E-state index in [1.165, 1.54) is 5.57 Å². The third-order valence-corrected chi connectivity index (χ3v) is 2.11. The van der Waals surface area contributed by atoms with Crippen LogP contribution in [-0.2, 0) is 0 Å². The lowest BCUT2D eigenvalue weighted by atomic mass is 10.1. The Hall–Kier alpha value is -0.300. The zero-order valence-electron chi connectivity index (χ0n) is 7.39. The molecular weight excluding hydrogens is 200 g/mol. The van der Waals surface area contributed by atoms with Crippen molar-refractivity contribution in [1.82, 2.24) is 0 Å². The summed E-state index contributed by atoms with van der Waals surface area (Å²) in [5.41, 5.74) is 1.22. The standard InChI is InChI=1S/C10H15Br/c1-5-6-9(4)10(11)7-8(2)3/h5-8H,1H2,2-4H3/b9-6-,10-7+. The van der Waals surface area contributed by atoms with Crippen LogP contribution in [0, 0.1) is 5.92 Å². The Morgan fingerprint density at radius 2 is 2.00 bits per heavy atom. The molecular formula is C10H15Br. The molecule has 0 spiro atoms. The minimum atomic E-state index is 0.581. The molecule has 0 radical (unpaired) electrons. The van der Waals surface area contributed by atoms with Crippen molar-refractivity contribution in [2.75, 3.05) is 0 Å². The molecule has 0 atom stereocenters. The zero-order valence-corrected chi connectivity index (χ0v) is 8.98. The molecule has 0 amide bonds. The van der Waals surface area contributed by atoms with Gasteiger partial charge in [-0.1, -0.05) is 54.6 Å². The SMILES string of the molecule is C=C/C=C(C)\C(Br)=C/C(C)C. The second-order valence-corrected chi connectivity index (χ2v) is 3.70. The van der Waals surface area contributed by atoms with Gasteiger partial charge in [-0.3, -0.25) is 0 Å². The highest BCUT2D eigenvalue weighted by molar-refractivity contribution is 9.12. The van der Waals surface area contributed by atoms with E-state index in [0.29, 0.717) is 5.92 Å². The van der Waals surface area contributed by atoms with Gasteiger partial charge in [0.1, 0.15) is 0 Å². The van der Waals surface area contributed by atoms with Crippen molar-refractivity contribution in [1.29, 1.82) is 0 Å². The fourth-order valence-electron chi connectivity index (χ4n) is 0.680. The van der Waals surface area contributed by atoms with Gasteiger partial charge >= 0.3 is 0 Å². The van der Waals surface area contributed by atoms with Crippen molar-refractivity contribution in [3.8, 4) is 0 Å². The summed E-state index contributed by atoms with van der Waals surface area (Å²) in [7, 11) is 0. The van der Waals surface area contributed by atoms with Crippen LogP contribution in [0.25, 0.3) is 0 Å². The molecule has 1 heteroatoms. The molecule has 0 aromatic carbocycles. The fourth-order valence-corrected chi connectivity index (χ4v) is 1.34. The molecule has 0 saturated carbocycles. The fraction of sp³-hybridized carbons (Fsp3) is 0.400. The Morgan fingerprint density at radius 3 is 2.36 bits per heavy atom. The molecule has 0 heterocycles. The van der Waals surface area contributed by atoms with Gasteiger partial charge in [0.15, 0.2) is 0 Å². The number of hydrogen-bond acceptors (Lipinski definition) is 0. The van der Waals surface area contributed by atoms with Crippen LogP contribution in [0.4, 0.5) is 0 Å². The molecule has 0 nitrogen and oxygen atoms in total. The van der Waals surface area contributed by atoms with E-state index < -0.39 is 0 Å². The van der Waals surface area contributed by atoms with Crippen LogP contribution in [0.15, 0.2) is 34.9 Å². The Kier molecular flexibility index (Phi) is 5.22. The molecule has 0 fully saturated rings. The van der Waals surface area contributed by atoms with E-state index in [4.69, 9.17) is 0 Å². The van der Waals surface area contributed by atoms with Gasteiger partial charge in [-0.2, -0.15) is 0 Å². The summed E-state index contributed by atoms with van der Waals surface area (Å²) in [6.45, 7) is 10.0. The third-order valence-electron chi connectivity index (χ3n) is 1.22. The van der Waals surface area contributed by atoms with Crippen LogP contribution in [-0.4, -0.2) is 0 Å². The molecule has 62 valence electrons. The molecule has 0 rings (SSSR count). The summed E-state index contributed by atoms with van der Waals surface area (Å²) in [5, 5.41) is 0. The quantitative estimate of drug-likeness (QED) is 0.623. The Balaban J connectivity index is 4.34. The first-order valence-corrected chi connectivity index (χ1v) is 4.54. The van der Waals surface area contributed by atoms with E-state index >= 15 is 0 Å². The first kappa shape index (κ1) is 10.7. The molecule has 0 saturated heterocycles. The molecule has 0 aliphatic rings. The number of hydrogen-bond donors (Lipinski definition) is 0. The smallest absolute Gasteiger partial charge is 0.0167 e. The molecule has 0 N–H and O–H groups in total. The van der Waals surface area contributed by atoms with E-state index in [2.05, 4.69) is 49.4 Å². The third kappa shape index (κ3) is 5.02. The molecule has 0 aromatic heterocycles. The number of halogens is 1. The molecule has 0 aromatic rings. The number of rotatable bonds is 3. The van der Waals surface area contributed by atoms with Crippen LogP contribution < -0.4 is 0 Å². The number of allylic oxidation sites excluding steroid dienone is 5. The lowest BCUT2D eigenvalue weighted by Crippen LogP contribution is -1.82. The van der Waals surface area contributed by atoms with Gasteiger partial charge in [0.05, 0.1) is 0 Å². The van der Waals surface area contributed by atoms with Gasteiger partial charge < -0.3 is 0 Å². The summed E-state index contributed by atoms with van der Waals surface area (Å²) >= 11 is 3.49. The average Bonchev–Trinajstić information content (AvgIpc) is 1.86. The lowest BCUT2D eigenvalue weighted by molar-refractivity contribution is 0.829. The van der Waals surface area contributed by atoms with E-state index in [1.807, 2.05) is 6.08 Å². The maximum absolute atomic E-state index is 3.64. The van der Waals surface area contributed by atoms with Crippen LogP contribution in [0.5, 0.6) is 0 Å². The van der Waals surface area contributed by atoms with Crippen LogP contribution >= 0.6 is 15.9 Å². The summed E-state index contributed by atoms with van der Waals surface area (Å²) in [4.78, 5) is 0. The van der Waals surface area contributed by atoms with Gasteiger partial charge in [0.25, 0.3) is 0 Å². The molecule has 0 aliphatic heterocycles. The van der Waals surface area contributed by atoms with Crippen molar-refractivity contribution in [3.05, 3.63) is 34.9 Å². The maximum atomic E-state index is 3.64. The van der Waals surface area contributed by atoms with Crippen LogP contribution in [0.3, 0.4) is 0 Å². The van der Waals surface area contributed by atoms with Gasteiger partial charge in [-0.05, 0) is 18.4 Å². The summed E-state index contributed by atoms with van der Waals surface area (Å²) in [5.74, 6) is 0.581. The normalized spacial score (nSPS) is 13.9. The van der Waals surface area contributed by atoms with E-state index in [9.17, 15) is 0 Å². The van der Waals surface area contributed by atoms with Gasteiger partial charge in [-0.15, -0.1) is 0 Å². The zero-order chi connectivity index (χ0) is 8.85. The monoisotopic (exact) mass is 214 g/mol. The van der Waals surface area contributed by atoms with Crippen molar-refractivity contribution < 1.29 is 0 Å². The summed E-state index contributed by atoms with van der Waals surface area (Å²) in [6, 6.07) is 0. The highest BCUT2D eigenvalue weighted by Crippen LogP contribution is 2.18. The highest BCUT2D eigenvalue weighted by Gasteiger charge is 1.94. The van der Waals surface area contributed by atoms with Crippen molar-refractivity contribution in [3.63, 3.8) is 0 Å². The van der Waals surface area contributed by atoms with Gasteiger partial charge in [-0.25, -0.2) is 0 Å². The Bertz CT molecular complexity index is 185. The van der Waals surface area contributed by atoms with Gasteiger partial charge in [0, 0.05) is 4.48 Å². The second-order valence-electron chi connectivity index (χ2n) is 2.84. The Morgan fingerprint density at radius 1 is 1.45 bits per heavy atom. The minimum Gasteiger partial charge on any atom is -0.0991 e. The predicted molar refractivity (Wildman–Crippen MR) is 55.8 cm³/mol. The van der Waals surface area contributed by atoms with E-state index in [1.54, 1.807) is 6.08 Å². The largest absolute Gasteiger partial charge is 0.0991 e. The van der Waals surface area contributed by atoms with Crippen LogP contribution in [0.1, 0.15) is 20.8 Å². The topological polar surface area (TPSA) is 0 Å². The first-order valence-electron chi connectivity index (χ1n) is 3.75. The van der Waals surface area contributed by atoms with Gasteiger partial charge in [0.2, 0.25) is 0 Å². The molecule has 11 heavy (non-hydrogen) atoms. The second kappa shape index (κ2) is 5.36. The summed E-state index contributed by atoms with van der Waals surface area (Å²) in [6.07, 6.45) is 5.96. The average molecular weight is 215 g/mol. The molecule has 0 bridgehead atoms. The maximum Gasteiger partial charge on any atom is 0.0167 e. The Labute approximate surface area is 77.8 Å². The van der Waals surface area contributed by atoms with E-state index in [0.717, 1.165) is 4.48 Å². The molecule has 0 unspecified atom stereocenters. The van der Waals surface area contributed by atoms with E-state index in [-0.39, 0.29) is 0 Å². The molecule has 0 aliphatic carbocycles. The highest BCUT2D eigenvalue weighted by atomic mass is 79.9. The lowest BCUT2D eigenvalue weighted by Gasteiger charge is -2.00. The minimum absolute atomic E-state index is 0.581. The summed E-state index contributed by atoms with van der Waals surface area (Å²) < 4.78 is 1.16. The van der Waals surface area contributed by atoms with Crippen LogP contribution in [0.2, 0.25) is 0 Å². The van der Waals surface area contributed by atoms with Crippen molar-refractivity contribution in [2.24, 2.45) is 5.92 Å². The van der Waals surface area contributed by atoms with Crippen molar-refractivity contribution >= 4 is 15.9 Å². The first-order chi connectivity index (χ1) is 5.07. The predicted octanol–water partition coefficient (Wildman–Crippen LogP) is 4.05.